The molecule has 0 atom stereocenters. The van der Waals surface area contributed by atoms with Gasteiger partial charge in [-0.1, -0.05) is 11.3 Å². The molecule has 0 bridgehead atoms. The maximum absolute atomic E-state index is 10.9. The third kappa shape index (κ3) is 2.50. The van der Waals surface area contributed by atoms with Gasteiger partial charge in [0.2, 0.25) is 0 Å². The summed E-state index contributed by atoms with van der Waals surface area (Å²) in [6.45, 7) is 3.15. The number of nitrogens with zero attached hydrogens (tertiary/aromatic N) is 1. The Labute approximate surface area is 85.0 Å². The zero-order chi connectivity index (χ0) is 10.7. The molecule has 0 saturated carbocycles. The van der Waals surface area contributed by atoms with Crippen LogP contribution < -0.4 is 0 Å². The van der Waals surface area contributed by atoms with Crippen LogP contribution in [0.15, 0.2) is 17.0 Å². The van der Waals surface area contributed by atoms with Crippen molar-refractivity contribution in [3.8, 4) is 0 Å². The average Bonchev–Trinajstić information content (AvgIpc) is 2.52. The molecular formula is C9H9NO3S. The van der Waals surface area contributed by atoms with Crippen LogP contribution in [0.5, 0.6) is 0 Å². The van der Waals surface area contributed by atoms with Crippen molar-refractivity contribution in [2.75, 3.05) is 0 Å². The smallest absolute Gasteiger partial charge is 0.295 e. The van der Waals surface area contributed by atoms with Crippen LogP contribution in [0, 0.1) is 10.1 Å². The number of carbonyl (C=O) groups excluding carboxylic acids is 1. The van der Waals surface area contributed by atoms with Crippen molar-refractivity contribution >= 4 is 28.2 Å². The van der Waals surface area contributed by atoms with E-state index in [1.165, 1.54) is 13.0 Å². The van der Waals surface area contributed by atoms with Gasteiger partial charge in [0.1, 0.15) is 0 Å². The van der Waals surface area contributed by atoms with Gasteiger partial charge in [0.15, 0.2) is 5.78 Å². The molecule has 0 aliphatic heterocycles. The summed E-state index contributed by atoms with van der Waals surface area (Å²) in [5, 5.41) is 12.1. The Balaban J connectivity index is 2.93. The molecule has 0 aliphatic carbocycles. The van der Waals surface area contributed by atoms with E-state index in [1.54, 1.807) is 18.4 Å². The van der Waals surface area contributed by atoms with Crippen LogP contribution in [0.25, 0.3) is 6.08 Å². The highest BCUT2D eigenvalue weighted by Gasteiger charge is 2.08. The van der Waals surface area contributed by atoms with Crippen molar-refractivity contribution in [1.29, 1.82) is 0 Å². The molecule has 1 aromatic rings. The zero-order valence-electron chi connectivity index (χ0n) is 7.81. The Morgan fingerprint density at radius 1 is 1.57 bits per heavy atom. The van der Waals surface area contributed by atoms with E-state index in [2.05, 4.69) is 0 Å². The molecular weight excluding hydrogens is 202 g/mol. The highest BCUT2D eigenvalue weighted by molar-refractivity contribution is 7.13. The first-order valence-electron chi connectivity index (χ1n) is 3.93. The fourth-order valence-electron chi connectivity index (χ4n) is 0.862. The topological polar surface area (TPSA) is 60.2 Å². The van der Waals surface area contributed by atoms with E-state index in [-0.39, 0.29) is 10.8 Å². The fraction of sp³-hybridized carbons (Fsp3) is 0.222. The minimum atomic E-state index is -0.439. The molecule has 0 fully saturated rings. The number of nitro groups is 1. The normalized spacial score (nSPS) is 11.4. The molecule has 14 heavy (non-hydrogen) atoms. The molecule has 0 spiro atoms. The van der Waals surface area contributed by atoms with Crippen molar-refractivity contribution < 1.29 is 9.72 Å². The van der Waals surface area contributed by atoms with Crippen LogP contribution in [0.2, 0.25) is 0 Å². The Morgan fingerprint density at radius 3 is 2.64 bits per heavy atom. The van der Waals surface area contributed by atoms with Crippen molar-refractivity contribution in [3.05, 3.63) is 32.7 Å². The summed E-state index contributed by atoms with van der Waals surface area (Å²) in [5.74, 6) is -0.0288. The number of allylic oxidation sites excluding steroid dienone is 1. The first kappa shape index (κ1) is 10.6. The number of carbonyl (C=O) groups is 1. The first-order chi connectivity index (χ1) is 6.50. The molecule has 0 aromatic carbocycles. The summed E-state index contributed by atoms with van der Waals surface area (Å²) >= 11 is 1.06. The summed E-state index contributed by atoms with van der Waals surface area (Å²) in [6.07, 6.45) is 1.64. The van der Waals surface area contributed by atoms with Crippen molar-refractivity contribution in [2.45, 2.75) is 13.8 Å². The lowest BCUT2D eigenvalue weighted by molar-refractivity contribution is -0.380. The summed E-state index contributed by atoms with van der Waals surface area (Å²) in [6, 6.07) is 1.46. The van der Waals surface area contributed by atoms with Crippen LogP contribution in [-0.2, 0) is 4.79 Å². The summed E-state index contributed by atoms with van der Waals surface area (Å²) in [5.41, 5.74) is 1.30. The number of hydrogen-bond donors (Lipinski definition) is 0. The van der Waals surface area contributed by atoms with E-state index < -0.39 is 4.92 Å². The SMILES string of the molecule is CC(=O)/C(C)=C/c1csc([N+](=O)[O-])c1. The van der Waals surface area contributed by atoms with E-state index >= 15 is 0 Å². The number of rotatable bonds is 3. The van der Waals surface area contributed by atoms with Crippen LogP contribution in [-0.4, -0.2) is 10.7 Å². The molecule has 1 aromatic heterocycles. The third-order valence-electron chi connectivity index (χ3n) is 1.72. The zero-order valence-corrected chi connectivity index (χ0v) is 8.63. The van der Waals surface area contributed by atoms with Crippen molar-refractivity contribution in [2.24, 2.45) is 0 Å². The summed E-state index contributed by atoms with van der Waals surface area (Å²) < 4.78 is 0. The summed E-state index contributed by atoms with van der Waals surface area (Å²) in [7, 11) is 0. The molecule has 0 radical (unpaired) electrons. The molecule has 1 heterocycles. The van der Waals surface area contributed by atoms with E-state index in [0.717, 1.165) is 11.3 Å². The third-order valence-corrected chi connectivity index (χ3v) is 2.62. The Bertz CT molecular complexity index is 406. The van der Waals surface area contributed by atoms with Gasteiger partial charge in [0.05, 0.1) is 4.92 Å². The molecule has 1 rings (SSSR count). The second-order valence-corrected chi connectivity index (χ2v) is 3.75. The number of ketones is 1. The summed E-state index contributed by atoms with van der Waals surface area (Å²) in [4.78, 5) is 20.8. The quantitative estimate of drug-likeness (QED) is 0.438. The molecule has 5 heteroatoms. The van der Waals surface area contributed by atoms with Crippen LogP contribution in [0.4, 0.5) is 5.00 Å². The van der Waals surface area contributed by atoms with Crippen molar-refractivity contribution in [3.63, 3.8) is 0 Å². The minimum Gasteiger partial charge on any atom is -0.295 e. The lowest BCUT2D eigenvalue weighted by Gasteiger charge is -1.90. The number of hydrogen-bond acceptors (Lipinski definition) is 4. The van der Waals surface area contributed by atoms with Gasteiger partial charge in [-0.25, -0.2) is 0 Å². The maximum Gasteiger partial charge on any atom is 0.324 e. The second kappa shape index (κ2) is 4.15. The fourth-order valence-corrected chi connectivity index (χ4v) is 1.55. The van der Waals surface area contributed by atoms with Gasteiger partial charge in [0, 0.05) is 11.4 Å². The van der Waals surface area contributed by atoms with Crippen LogP contribution in [0.1, 0.15) is 19.4 Å². The Hall–Kier alpha value is -1.49. The molecule has 0 aliphatic rings. The largest absolute Gasteiger partial charge is 0.324 e. The van der Waals surface area contributed by atoms with Gasteiger partial charge in [-0.05, 0) is 31.1 Å². The molecule has 4 nitrogen and oxygen atoms in total. The first-order valence-corrected chi connectivity index (χ1v) is 4.81. The van der Waals surface area contributed by atoms with E-state index in [4.69, 9.17) is 0 Å². The number of Topliss-reactive ketones (excluding diaryl/α,β-unsaturated/α-hetero) is 1. The van der Waals surface area contributed by atoms with Gasteiger partial charge in [-0.2, -0.15) is 0 Å². The van der Waals surface area contributed by atoms with Crippen molar-refractivity contribution in [1.82, 2.24) is 0 Å². The lowest BCUT2D eigenvalue weighted by Crippen LogP contribution is -1.89. The molecule has 0 unspecified atom stereocenters. The Kier molecular flexibility index (Phi) is 3.14. The standard InChI is InChI=1S/C9H9NO3S/c1-6(7(2)11)3-8-4-9(10(12)13)14-5-8/h3-5H,1-2H3/b6-3+. The molecule has 74 valence electrons. The lowest BCUT2D eigenvalue weighted by atomic mass is 10.1. The molecule has 0 saturated heterocycles. The average molecular weight is 211 g/mol. The highest BCUT2D eigenvalue weighted by atomic mass is 32.1. The van der Waals surface area contributed by atoms with Crippen LogP contribution >= 0.6 is 11.3 Å². The van der Waals surface area contributed by atoms with Gasteiger partial charge in [-0.15, -0.1) is 0 Å². The Morgan fingerprint density at radius 2 is 2.21 bits per heavy atom. The van der Waals surface area contributed by atoms with E-state index in [0.29, 0.717) is 11.1 Å². The molecule has 0 amide bonds. The second-order valence-electron chi connectivity index (χ2n) is 2.86. The monoisotopic (exact) mass is 211 g/mol. The highest BCUT2D eigenvalue weighted by Crippen LogP contribution is 2.24. The predicted octanol–water partition coefficient (Wildman–Crippen LogP) is 2.65. The van der Waals surface area contributed by atoms with Crippen LogP contribution in [0.3, 0.4) is 0 Å². The van der Waals surface area contributed by atoms with E-state index in [9.17, 15) is 14.9 Å². The molecule has 0 N–H and O–H groups in total. The van der Waals surface area contributed by atoms with Gasteiger partial charge >= 0.3 is 5.00 Å². The number of thiophene rings is 1. The van der Waals surface area contributed by atoms with E-state index in [1.807, 2.05) is 0 Å². The van der Waals surface area contributed by atoms with Gasteiger partial charge in [-0.3, -0.25) is 14.9 Å². The van der Waals surface area contributed by atoms with Gasteiger partial charge in [0.25, 0.3) is 0 Å². The minimum absolute atomic E-state index is 0.0288. The predicted molar refractivity (Wildman–Crippen MR) is 55.3 cm³/mol. The maximum atomic E-state index is 10.9. The van der Waals surface area contributed by atoms with Gasteiger partial charge < -0.3 is 0 Å².